The first-order valence-electron chi connectivity index (χ1n) is 5.93. The van der Waals surface area contributed by atoms with Gasteiger partial charge in [-0.1, -0.05) is 73.4 Å². The lowest BCUT2D eigenvalue weighted by Gasteiger charge is -2.06. The maximum atomic E-state index is 5.96. The average Bonchev–Trinajstić information content (AvgIpc) is 2.82. The van der Waals surface area contributed by atoms with Crippen LogP contribution in [0.25, 0.3) is 22.4 Å². The molecule has 2 aromatic carbocycles. The molecule has 0 spiro atoms. The van der Waals surface area contributed by atoms with E-state index in [1.807, 2.05) is 48.5 Å². The Labute approximate surface area is 133 Å². The molecule has 3 rings (SSSR count). The van der Waals surface area contributed by atoms with Crippen LogP contribution in [0.3, 0.4) is 0 Å². The molecule has 1 aromatic heterocycles. The third-order valence-corrected chi connectivity index (χ3v) is 4.37. The van der Waals surface area contributed by atoms with Gasteiger partial charge in [0.2, 0.25) is 5.88 Å². The molecule has 3 aromatic rings. The molecule has 0 aliphatic heterocycles. The van der Waals surface area contributed by atoms with Crippen LogP contribution in [0.1, 0.15) is 0 Å². The van der Waals surface area contributed by atoms with Crippen molar-refractivity contribution >= 4 is 37.7 Å². The van der Waals surface area contributed by atoms with E-state index in [4.69, 9.17) is 10.3 Å². The van der Waals surface area contributed by atoms with Crippen molar-refractivity contribution in [3.05, 3.63) is 57.5 Å². The second-order valence-corrected chi connectivity index (χ2v) is 5.94. The van der Waals surface area contributed by atoms with Crippen molar-refractivity contribution in [3.63, 3.8) is 0 Å². The fourth-order valence-electron chi connectivity index (χ4n) is 2.06. The minimum atomic E-state index is 0.308. The molecule has 5 heteroatoms. The van der Waals surface area contributed by atoms with Crippen molar-refractivity contribution in [2.45, 2.75) is 0 Å². The smallest absolute Gasteiger partial charge is 0.230 e. The van der Waals surface area contributed by atoms with E-state index in [0.29, 0.717) is 5.88 Å². The van der Waals surface area contributed by atoms with Gasteiger partial charge in [0.1, 0.15) is 5.69 Å². The number of benzene rings is 2. The summed E-state index contributed by atoms with van der Waals surface area (Å²) in [6, 6.07) is 15.7. The zero-order valence-corrected chi connectivity index (χ0v) is 13.5. The Morgan fingerprint density at radius 2 is 1.40 bits per heavy atom. The first-order chi connectivity index (χ1) is 9.68. The quantitative estimate of drug-likeness (QED) is 0.657. The third kappa shape index (κ3) is 2.27. The molecule has 0 bridgehead atoms. The number of anilines is 1. The van der Waals surface area contributed by atoms with Crippen molar-refractivity contribution in [1.82, 2.24) is 5.16 Å². The second kappa shape index (κ2) is 5.42. The van der Waals surface area contributed by atoms with Crippen LogP contribution in [0.2, 0.25) is 0 Å². The zero-order chi connectivity index (χ0) is 14.1. The maximum Gasteiger partial charge on any atom is 0.230 e. The van der Waals surface area contributed by atoms with Crippen LogP contribution in [0, 0.1) is 0 Å². The molecule has 20 heavy (non-hydrogen) atoms. The molecule has 3 nitrogen and oxygen atoms in total. The molecule has 2 N–H and O–H groups in total. The highest BCUT2D eigenvalue weighted by Crippen LogP contribution is 2.41. The fraction of sp³-hybridized carbons (Fsp3) is 0. The Kier molecular flexibility index (Phi) is 3.63. The molecule has 100 valence electrons. The molecule has 1 heterocycles. The number of nitrogen functional groups attached to an aromatic ring is 1. The van der Waals surface area contributed by atoms with Crippen molar-refractivity contribution in [2.75, 3.05) is 5.73 Å². The molecule has 0 aliphatic rings. The first-order valence-corrected chi connectivity index (χ1v) is 7.52. The van der Waals surface area contributed by atoms with Gasteiger partial charge in [0.05, 0.1) is 5.56 Å². The molecule has 0 aliphatic carbocycles. The summed E-state index contributed by atoms with van der Waals surface area (Å²) in [4.78, 5) is 0. The summed E-state index contributed by atoms with van der Waals surface area (Å²) in [6.45, 7) is 0. The molecule has 0 radical (unpaired) electrons. The SMILES string of the molecule is Nc1onc(-c2ccccc2Br)c1-c1ccccc1Br. The maximum absolute atomic E-state index is 5.96. The van der Waals surface area contributed by atoms with E-state index in [-0.39, 0.29) is 0 Å². The lowest BCUT2D eigenvalue weighted by Crippen LogP contribution is -1.89. The van der Waals surface area contributed by atoms with Crippen LogP contribution in [-0.2, 0) is 0 Å². The lowest BCUT2D eigenvalue weighted by molar-refractivity contribution is 0.439. The van der Waals surface area contributed by atoms with Gasteiger partial charge >= 0.3 is 0 Å². The van der Waals surface area contributed by atoms with Crippen molar-refractivity contribution in [2.24, 2.45) is 0 Å². The normalized spacial score (nSPS) is 10.7. The monoisotopic (exact) mass is 392 g/mol. The van der Waals surface area contributed by atoms with Gasteiger partial charge in [-0.25, -0.2) is 0 Å². The topological polar surface area (TPSA) is 52.0 Å². The van der Waals surface area contributed by atoms with Crippen LogP contribution in [-0.4, -0.2) is 5.16 Å². The highest BCUT2D eigenvalue weighted by Gasteiger charge is 2.20. The molecule has 0 saturated carbocycles. The Morgan fingerprint density at radius 3 is 2.00 bits per heavy atom. The standard InChI is InChI=1S/C15H10Br2N2O/c16-11-7-3-1-5-9(11)13-14(19-20-15(13)18)10-6-2-4-8-12(10)17/h1-8H,18H2. The zero-order valence-electron chi connectivity index (χ0n) is 10.3. The third-order valence-electron chi connectivity index (χ3n) is 2.99. The number of nitrogens with two attached hydrogens (primary N) is 1. The fourth-order valence-corrected chi connectivity index (χ4v) is 3.02. The Bertz CT molecular complexity index is 768. The second-order valence-electron chi connectivity index (χ2n) is 4.23. The molecule has 0 amide bonds. The Hall–Kier alpha value is -1.59. The van der Waals surface area contributed by atoms with Crippen LogP contribution in [0.15, 0.2) is 62.0 Å². The number of rotatable bonds is 2. The van der Waals surface area contributed by atoms with Crippen LogP contribution in [0.4, 0.5) is 5.88 Å². The number of aromatic nitrogens is 1. The summed E-state index contributed by atoms with van der Waals surface area (Å²) in [6.07, 6.45) is 0. The molecular weight excluding hydrogens is 384 g/mol. The van der Waals surface area contributed by atoms with Crippen molar-refractivity contribution < 1.29 is 4.52 Å². The van der Waals surface area contributed by atoms with Gasteiger partial charge in [-0.3, -0.25) is 0 Å². The van der Waals surface area contributed by atoms with Gasteiger partial charge in [0.25, 0.3) is 0 Å². The number of halogens is 2. The number of hydrogen-bond donors (Lipinski definition) is 1. The minimum Gasteiger partial charge on any atom is -0.367 e. The number of nitrogens with zero attached hydrogens (tertiary/aromatic N) is 1. The molecule has 0 unspecified atom stereocenters. The van der Waals surface area contributed by atoms with E-state index in [1.54, 1.807) is 0 Å². The predicted octanol–water partition coefficient (Wildman–Crippen LogP) is 5.12. The van der Waals surface area contributed by atoms with Crippen LogP contribution >= 0.6 is 31.9 Å². The summed E-state index contributed by atoms with van der Waals surface area (Å²) in [5.41, 5.74) is 9.38. The molecule has 0 fully saturated rings. The van der Waals surface area contributed by atoms with Crippen LogP contribution in [0.5, 0.6) is 0 Å². The molecule has 0 saturated heterocycles. The lowest BCUT2D eigenvalue weighted by atomic mass is 10.0. The van der Waals surface area contributed by atoms with E-state index >= 15 is 0 Å². The minimum absolute atomic E-state index is 0.308. The Morgan fingerprint density at radius 1 is 0.850 bits per heavy atom. The average molecular weight is 394 g/mol. The van der Waals surface area contributed by atoms with E-state index in [9.17, 15) is 0 Å². The summed E-state index contributed by atoms with van der Waals surface area (Å²) in [5, 5.41) is 4.11. The summed E-state index contributed by atoms with van der Waals surface area (Å²) < 4.78 is 7.09. The van der Waals surface area contributed by atoms with Crippen molar-refractivity contribution in [3.8, 4) is 22.4 Å². The van der Waals surface area contributed by atoms with E-state index in [1.165, 1.54) is 0 Å². The largest absolute Gasteiger partial charge is 0.367 e. The van der Waals surface area contributed by atoms with E-state index < -0.39 is 0 Å². The van der Waals surface area contributed by atoms with E-state index in [0.717, 1.165) is 31.3 Å². The first kappa shape index (κ1) is 13.4. The van der Waals surface area contributed by atoms with Gasteiger partial charge in [0, 0.05) is 20.1 Å². The highest BCUT2D eigenvalue weighted by molar-refractivity contribution is 9.11. The summed E-state index contributed by atoms with van der Waals surface area (Å²) in [5.74, 6) is 0.308. The van der Waals surface area contributed by atoms with Crippen molar-refractivity contribution in [1.29, 1.82) is 0 Å². The molecular formula is C15H10Br2N2O. The summed E-state index contributed by atoms with van der Waals surface area (Å²) >= 11 is 7.07. The highest BCUT2D eigenvalue weighted by atomic mass is 79.9. The van der Waals surface area contributed by atoms with Crippen LogP contribution < -0.4 is 5.73 Å². The van der Waals surface area contributed by atoms with Gasteiger partial charge < -0.3 is 10.3 Å². The number of hydrogen-bond acceptors (Lipinski definition) is 3. The summed E-state index contributed by atoms with van der Waals surface area (Å²) in [7, 11) is 0. The Balaban J connectivity index is 2.26. The van der Waals surface area contributed by atoms with Gasteiger partial charge in [-0.15, -0.1) is 0 Å². The van der Waals surface area contributed by atoms with Gasteiger partial charge in [-0.05, 0) is 12.1 Å². The van der Waals surface area contributed by atoms with E-state index in [2.05, 4.69) is 37.0 Å². The molecule has 0 atom stereocenters. The van der Waals surface area contributed by atoms with Gasteiger partial charge in [0.15, 0.2) is 0 Å². The predicted molar refractivity (Wildman–Crippen MR) is 87.2 cm³/mol. The van der Waals surface area contributed by atoms with Gasteiger partial charge in [-0.2, -0.15) is 0 Å².